The topological polar surface area (TPSA) is 40.5 Å². The maximum absolute atomic E-state index is 8.96. The first kappa shape index (κ1) is 15.9. The van der Waals surface area contributed by atoms with Crippen LogP contribution >= 0.6 is 0 Å². The minimum absolute atomic E-state index is 0.156. The van der Waals surface area contributed by atoms with Crippen LogP contribution in [-0.2, 0) is 0 Å². The zero-order valence-electron chi connectivity index (χ0n) is 11.1. The van der Waals surface area contributed by atoms with Gasteiger partial charge in [0.05, 0.1) is 6.61 Å². The van der Waals surface area contributed by atoms with Gasteiger partial charge in [0, 0.05) is 12.5 Å². The molecular formula is C15H24O2. The summed E-state index contributed by atoms with van der Waals surface area (Å²) in [7, 11) is 0. The predicted octanol–water partition coefficient (Wildman–Crippen LogP) is 3.12. The third-order valence-electron chi connectivity index (χ3n) is 2.40. The van der Waals surface area contributed by atoms with E-state index in [4.69, 9.17) is 10.2 Å². The predicted molar refractivity (Wildman–Crippen MR) is 73.1 cm³/mol. The summed E-state index contributed by atoms with van der Waals surface area (Å²) < 4.78 is 0. The molecule has 0 fully saturated rings. The molecule has 0 spiro atoms. The summed E-state index contributed by atoms with van der Waals surface area (Å²) in [6.07, 6.45) is 3.22. The van der Waals surface area contributed by atoms with Crippen LogP contribution in [-0.4, -0.2) is 23.4 Å². The van der Waals surface area contributed by atoms with Gasteiger partial charge in [-0.2, -0.15) is 0 Å². The van der Waals surface area contributed by atoms with Crippen LogP contribution in [0.4, 0.5) is 0 Å². The molecule has 1 aromatic carbocycles. The molecule has 0 aliphatic rings. The first-order valence-electron chi connectivity index (χ1n) is 6.13. The molecule has 0 radical (unpaired) electrons. The lowest BCUT2D eigenvalue weighted by atomic mass is 9.94. The molecule has 0 heterocycles. The lowest BCUT2D eigenvalue weighted by Crippen LogP contribution is -1.95. The van der Waals surface area contributed by atoms with Crippen LogP contribution in [0.2, 0.25) is 0 Å². The fourth-order valence-corrected chi connectivity index (χ4v) is 1.55. The summed E-state index contributed by atoms with van der Waals surface area (Å²) in [6.45, 7) is 6.22. The monoisotopic (exact) mass is 236 g/mol. The Morgan fingerprint density at radius 1 is 1.18 bits per heavy atom. The third-order valence-corrected chi connectivity index (χ3v) is 2.40. The number of hydrogen-bond donors (Lipinski definition) is 2. The number of rotatable bonds is 4. The number of hydrogen-bond acceptors (Lipinski definition) is 2. The van der Waals surface area contributed by atoms with E-state index in [1.54, 1.807) is 6.92 Å². The number of allylic oxidation sites excluding steroid dienone is 1. The highest BCUT2D eigenvalue weighted by molar-refractivity contribution is 5.25. The molecule has 0 aromatic heterocycles. The highest BCUT2D eigenvalue weighted by Gasteiger charge is 2.05. The molecule has 0 bridgehead atoms. The molecule has 96 valence electrons. The van der Waals surface area contributed by atoms with Gasteiger partial charge >= 0.3 is 0 Å². The lowest BCUT2D eigenvalue weighted by Gasteiger charge is -2.11. The number of aliphatic hydroxyl groups is 2. The third kappa shape index (κ3) is 6.93. The van der Waals surface area contributed by atoms with E-state index in [2.05, 4.69) is 37.3 Å². The quantitative estimate of drug-likeness (QED) is 0.789. The normalized spacial score (nSPS) is 12.6. The molecule has 0 saturated carbocycles. The van der Waals surface area contributed by atoms with Crippen molar-refractivity contribution in [3.8, 4) is 0 Å². The smallest absolute Gasteiger partial charge is 0.0639 e. The van der Waals surface area contributed by atoms with Crippen molar-refractivity contribution < 1.29 is 10.2 Å². The zero-order valence-corrected chi connectivity index (χ0v) is 11.1. The van der Waals surface area contributed by atoms with Gasteiger partial charge in [-0.3, -0.25) is 0 Å². The minimum Gasteiger partial charge on any atom is -0.397 e. The van der Waals surface area contributed by atoms with E-state index in [-0.39, 0.29) is 13.2 Å². The second-order valence-electron chi connectivity index (χ2n) is 3.91. The Balaban J connectivity index is 0.000000770. The molecule has 0 saturated heterocycles. The van der Waals surface area contributed by atoms with E-state index in [0.717, 1.165) is 12.0 Å². The molecular weight excluding hydrogens is 212 g/mol. The Kier molecular flexibility index (Phi) is 9.40. The average molecular weight is 236 g/mol. The van der Waals surface area contributed by atoms with Gasteiger partial charge in [-0.1, -0.05) is 48.9 Å². The zero-order chi connectivity index (χ0) is 13.1. The van der Waals surface area contributed by atoms with E-state index in [1.165, 1.54) is 5.56 Å². The van der Waals surface area contributed by atoms with Crippen molar-refractivity contribution in [1.82, 2.24) is 0 Å². The van der Waals surface area contributed by atoms with Gasteiger partial charge < -0.3 is 10.2 Å². The van der Waals surface area contributed by atoms with E-state index in [0.29, 0.717) is 5.92 Å². The highest BCUT2D eigenvalue weighted by Crippen LogP contribution is 2.21. The first-order chi connectivity index (χ1) is 8.19. The van der Waals surface area contributed by atoms with Gasteiger partial charge in [0.15, 0.2) is 0 Å². The van der Waals surface area contributed by atoms with Crippen molar-refractivity contribution in [2.24, 2.45) is 0 Å². The van der Waals surface area contributed by atoms with Gasteiger partial charge in [-0.05, 0) is 25.8 Å². The van der Waals surface area contributed by atoms with Gasteiger partial charge in [-0.15, -0.1) is 0 Å². The van der Waals surface area contributed by atoms with E-state index >= 15 is 0 Å². The largest absolute Gasteiger partial charge is 0.397 e. The maximum atomic E-state index is 8.96. The first-order valence-corrected chi connectivity index (χ1v) is 6.13. The summed E-state index contributed by atoms with van der Waals surface area (Å²) in [6, 6.07) is 10.4. The molecule has 1 rings (SSSR count). The van der Waals surface area contributed by atoms with Crippen molar-refractivity contribution in [1.29, 1.82) is 0 Å². The van der Waals surface area contributed by atoms with Crippen molar-refractivity contribution >= 4 is 0 Å². The van der Waals surface area contributed by atoms with E-state index in [9.17, 15) is 0 Å². The Labute approximate surface area is 105 Å². The highest BCUT2D eigenvalue weighted by atomic mass is 16.3. The van der Waals surface area contributed by atoms with Crippen LogP contribution in [0.15, 0.2) is 42.0 Å². The van der Waals surface area contributed by atoms with Crippen molar-refractivity contribution in [2.45, 2.75) is 33.1 Å². The van der Waals surface area contributed by atoms with Gasteiger partial charge in [0.2, 0.25) is 0 Å². The summed E-state index contributed by atoms with van der Waals surface area (Å²) in [5.74, 6) is 0.434. The number of benzene rings is 1. The summed E-state index contributed by atoms with van der Waals surface area (Å²) in [5, 5.41) is 16.5. The Morgan fingerprint density at radius 3 is 2.12 bits per heavy atom. The van der Waals surface area contributed by atoms with E-state index < -0.39 is 0 Å². The SMILES string of the molecule is CCC(/C=C(\C)CO)c1ccccc1.CCO. The fraction of sp³-hybridized carbons (Fsp3) is 0.467. The van der Waals surface area contributed by atoms with Crippen molar-refractivity contribution in [2.75, 3.05) is 13.2 Å². The molecule has 0 aliphatic carbocycles. The maximum Gasteiger partial charge on any atom is 0.0639 e. The van der Waals surface area contributed by atoms with E-state index in [1.807, 2.05) is 13.0 Å². The van der Waals surface area contributed by atoms with Crippen molar-refractivity contribution in [3.05, 3.63) is 47.5 Å². The summed E-state index contributed by atoms with van der Waals surface area (Å²) in [5.41, 5.74) is 2.36. The van der Waals surface area contributed by atoms with Crippen LogP contribution < -0.4 is 0 Å². The van der Waals surface area contributed by atoms with Crippen LogP contribution in [0.3, 0.4) is 0 Å². The standard InChI is InChI=1S/C13H18O.C2H6O/c1-3-12(9-11(2)10-14)13-7-5-4-6-8-13;1-2-3/h4-9,12,14H,3,10H2,1-2H3;3H,2H2,1H3/b11-9+;. The Morgan fingerprint density at radius 2 is 1.71 bits per heavy atom. The average Bonchev–Trinajstić information content (AvgIpc) is 2.37. The molecule has 2 nitrogen and oxygen atoms in total. The fourth-order valence-electron chi connectivity index (χ4n) is 1.55. The van der Waals surface area contributed by atoms with Gasteiger partial charge in [0.25, 0.3) is 0 Å². The molecule has 1 atom stereocenters. The Hall–Kier alpha value is -1.12. The molecule has 2 N–H and O–H groups in total. The molecule has 0 aliphatic heterocycles. The molecule has 1 unspecified atom stereocenters. The van der Waals surface area contributed by atoms with Crippen LogP contribution in [0, 0.1) is 0 Å². The van der Waals surface area contributed by atoms with Crippen LogP contribution in [0.1, 0.15) is 38.7 Å². The summed E-state index contributed by atoms with van der Waals surface area (Å²) in [4.78, 5) is 0. The second-order valence-corrected chi connectivity index (χ2v) is 3.91. The molecule has 0 amide bonds. The molecule has 1 aromatic rings. The molecule has 2 heteroatoms. The summed E-state index contributed by atoms with van der Waals surface area (Å²) >= 11 is 0. The number of aliphatic hydroxyl groups excluding tert-OH is 2. The van der Waals surface area contributed by atoms with Gasteiger partial charge in [0.1, 0.15) is 0 Å². The Bertz CT molecular complexity index is 304. The second kappa shape index (κ2) is 10.1. The lowest BCUT2D eigenvalue weighted by molar-refractivity contribution is 0.318. The van der Waals surface area contributed by atoms with Gasteiger partial charge in [-0.25, -0.2) is 0 Å². The van der Waals surface area contributed by atoms with Crippen LogP contribution in [0.25, 0.3) is 0 Å². The van der Waals surface area contributed by atoms with Crippen LogP contribution in [0.5, 0.6) is 0 Å². The van der Waals surface area contributed by atoms with Crippen molar-refractivity contribution in [3.63, 3.8) is 0 Å². The minimum atomic E-state index is 0.156. The molecule has 17 heavy (non-hydrogen) atoms.